The van der Waals surface area contributed by atoms with E-state index in [1.165, 1.54) is 0 Å². The van der Waals surface area contributed by atoms with Crippen molar-refractivity contribution in [2.45, 2.75) is 31.2 Å². The number of hydrogen-bond acceptors (Lipinski definition) is 4. The highest BCUT2D eigenvalue weighted by atomic mass is 32.2. The van der Waals surface area contributed by atoms with Gasteiger partial charge in [-0.25, -0.2) is 12.8 Å². The minimum Gasteiger partial charge on any atom is -0.480 e. The second-order valence-electron chi connectivity index (χ2n) is 4.58. The minimum atomic E-state index is -4.19. The van der Waals surface area contributed by atoms with Crippen LogP contribution in [0.5, 0.6) is 0 Å². The van der Waals surface area contributed by atoms with Gasteiger partial charge in [-0.05, 0) is 24.1 Å². The van der Waals surface area contributed by atoms with Crippen LogP contribution in [0.3, 0.4) is 0 Å². The number of sulfonamides is 1. The average Bonchev–Trinajstić information content (AvgIpc) is 2.43. The molecular formula is C13H15FN2O4S. The summed E-state index contributed by atoms with van der Waals surface area (Å²) >= 11 is 0. The summed E-state index contributed by atoms with van der Waals surface area (Å²) in [6, 6.07) is 3.05. The summed E-state index contributed by atoms with van der Waals surface area (Å²) in [4.78, 5) is 10.7. The molecule has 0 radical (unpaired) electrons. The van der Waals surface area contributed by atoms with Crippen molar-refractivity contribution in [2.24, 2.45) is 5.92 Å². The largest absolute Gasteiger partial charge is 0.480 e. The van der Waals surface area contributed by atoms with E-state index < -0.39 is 38.7 Å². The molecule has 0 unspecified atom stereocenters. The Morgan fingerprint density at radius 2 is 2.14 bits per heavy atom. The van der Waals surface area contributed by atoms with Crippen molar-refractivity contribution in [1.29, 1.82) is 5.26 Å². The fourth-order valence-corrected chi connectivity index (χ4v) is 2.94. The van der Waals surface area contributed by atoms with Gasteiger partial charge >= 0.3 is 5.97 Å². The fraction of sp³-hybridized carbons (Fsp3) is 0.385. The smallest absolute Gasteiger partial charge is 0.322 e. The molecule has 0 aliphatic rings. The van der Waals surface area contributed by atoms with Crippen molar-refractivity contribution in [3.63, 3.8) is 0 Å². The van der Waals surface area contributed by atoms with Gasteiger partial charge in [0, 0.05) is 0 Å². The number of carboxylic acid groups (broad SMARTS) is 1. The Morgan fingerprint density at radius 1 is 1.52 bits per heavy atom. The Labute approximate surface area is 122 Å². The number of benzene rings is 1. The third kappa shape index (κ3) is 4.00. The van der Waals surface area contributed by atoms with Gasteiger partial charge in [0.1, 0.15) is 17.9 Å². The number of rotatable bonds is 6. The number of nitriles is 1. The first kappa shape index (κ1) is 17.1. The van der Waals surface area contributed by atoms with Crippen LogP contribution in [0, 0.1) is 23.1 Å². The van der Waals surface area contributed by atoms with Crippen LogP contribution in [0.15, 0.2) is 23.1 Å². The number of carboxylic acids is 1. The highest BCUT2D eigenvalue weighted by Crippen LogP contribution is 2.17. The summed E-state index contributed by atoms with van der Waals surface area (Å²) in [5, 5.41) is 17.7. The maximum Gasteiger partial charge on any atom is 0.322 e. The molecule has 2 N–H and O–H groups in total. The van der Waals surface area contributed by atoms with Gasteiger partial charge in [0.15, 0.2) is 0 Å². The van der Waals surface area contributed by atoms with Crippen LogP contribution in [0.25, 0.3) is 0 Å². The van der Waals surface area contributed by atoms with Crippen LogP contribution in [-0.2, 0) is 14.8 Å². The lowest BCUT2D eigenvalue weighted by molar-refractivity contribution is -0.140. The monoisotopic (exact) mass is 314 g/mol. The van der Waals surface area contributed by atoms with Gasteiger partial charge < -0.3 is 5.11 Å². The lowest BCUT2D eigenvalue weighted by Crippen LogP contribution is -2.44. The van der Waals surface area contributed by atoms with Crippen LogP contribution in [0.1, 0.15) is 25.8 Å². The molecule has 0 saturated carbocycles. The molecule has 0 heterocycles. The lowest BCUT2D eigenvalue weighted by Gasteiger charge is -2.20. The maximum atomic E-state index is 13.5. The van der Waals surface area contributed by atoms with E-state index in [1.54, 1.807) is 19.9 Å². The van der Waals surface area contributed by atoms with Gasteiger partial charge in [0.2, 0.25) is 10.0 Å². The van der Waals surface area contributed by atoms with Crippen LogP contribution >= 0.6 is 0 Å². The third-order valence-electron chi connectivity index (χ3n) is 3.13. The van der Waals surface area contributed by atoms with Gasteiger partial charge in [-0.1, -0.05) is 20.3 Å². The van der Waals surface area contributed by atoms with E-state index in [1.807, 2.05) is 4.72 Å². The van der Waals surface area contributed by atoms with Crippen molar-refractivity contribution < 1.29 is 22.7 Å². The zero-order chi connectivity index (χ0) is 16.2. The van der Waals surface area contributed by atoms with Gasteiger partial charge in [0.05, 0.1) is 10.5 Å². The molecule has 0 aliphatic carbocycles. The van der Waals surface area contributed by atoms with E-state index in [-0.39, 0.29) is 5.56 Å². The molecule has 1 rings (SSSR count). The number of halogens is 1. The summed E-state index contributed by atoms with van der Waals surface area (Å²) in [5.41, 5.74) is -0.286. The number of nitrogens with zero attached hydrogens (tertiary/aromatic N) is 1. The van der Waals surface area contributed by atoms with Gasteiger partial charge in [-0.2, -0.15) is 9.98 Å². The Balaban J connectivity index is 3.14. The predicted octanol–water partition coefficient (Wildman–Crippen LogP) is 1.47. The highest BCUT2D eigenvalue weighted by molar-refractivity contribution is 7.89. The summed E-state index contributed by atoms with van der Waals surface area (Å²) in [5.74, 6) is -2.71. The van der Waals surface area contributed by atoms with Crippen molar-refractivity contribution in [3.8, 4) is 6.07 Å². The van der Waals surface area contributed by atoms with Crippen molar-refractivity contribution in [3.05, 3.63) is 29.6 Å². The topological polar surface area (TPSA) is 107 Å². The molecule has 0 spiro atoms. The van der Waals surface area contributed by atoms with Crippen LogP contribution < -0.4 is 4.72 Å². The average molecular weight is 314 g/mol. The molecule has 1 aromatic carbocycles. The van der Waals surface area contributed by atoms with Crippen LogP contribution in [0.2, 0.25) is 0 Å². The SMILES string of the molecule is CC[C@H](C)[C@H](NS(=O)(=O)c1ccc(C#N)c(F)c1)C(=O)O. The van der Waals surface area contributed by atoms with Crippen LogP contribution in [0.4, 0.5) is 4.39 Å². The van der Waals surface area contributed by atoms with Gasteiger partial charge in [0.25, 0.3) is 0 Å². The molecule has 21 heavy (non-hydrogen) atoms. The Kier molecular flexibility index (Phi) is 5.41. The second-order valence-corrected chi connectivity index (χ2v) is 6.29. The zero-order valence-corrected chi connectivity index (χ0v) is 12.3. The van der Waals surface area contributed by atoms with E-state index in [0.717, 1.165) is 12.1 Å². The fourth-order valence-electron chi connectivity index (χ4n) is 1.63. The van der Waals surface area contributed by atoms with E-state index in [2.05, 4.69) is 0 Å². The predicted molar refractivity (Wildman–Crippen MR) is 72.3 cm³/mol. The summed E-state index contributed by atoms with van der Waals surface area (Å²) in [6.07, 6.45) is 0.460. The molecule has 6 nitrogen and oxygen atoms in total. The van der Waals surface area contributed by atoms with Crippen molar-refractivity contribution in [1.82, 2.24) is 4.72 Å². The molecule has 0 fully saturated rings. The quantitative estimate of drug-likeness (QED) is 0.827. The Morgan fingerprint density at radius 3 is 2.57 bits per heavy atom. The standard InChI is InChI=1S/C13H15FN2O4S/c1-3-8(2)12(13(17)18)16-21(19,20)10-5-4-9(7-15)11(14)6-10/h4-6,8,12,16H,3H2,1-2H3,(H,17,18)/t8-,12-/m0/s1. The van der Waals surface area contributed by atoms with Gasteiger partial charge in [-0.3, -0.25) is 4.79 Å². The lowest BCUT2D eigenvalue weighted by atomic mass is 10.0. The minimum absolute atomic E-state index is 0.286. The first-order valence-electron chi connectivity index (χ1n) is 6.17. The number of carbonyl (C=O) groups is 1. The van der Waals surface area contributed by atoms with Crippen molar-refractivity contribution in [2.75, 3.05) is 0 Å². The van der Waals surface area contributed by atoms with Crippen LogP contribution in [-0.4, -0.2) is 25.5 Å². The van der Waals surface area contributed by atoms with E-state index in [9.17, 15) is 17.6 Å². The molecule has 0 aliphatic heterocycles. The molecule has 8 heteroatoms. The molecular weight excluding hydrogens is 299 g/mol. The zero-order valence-electron chi connectivity index (χ0n) is 11.5. The summed E-state index contributed by atoms with van der Waals surface area (Å²) < 4.78 is 39.7. The molecule has 114 valence electrons. The maximum absolute atomic E-state index is 13.5. The first-order chi connectivity index (χ1) is 9.72. The van der Waals surface area contributed by atoms with Crippen molar-refractivity contribution >= 4 is 16.0 Å². The van der Waals surface area contributed by atoms with Gasteiger partial charge in [-0.15, -0.1) is 0 Å². The number of hydrogen-bond donors (Lipinski definition) is 2. The molecule has 0 aromatic heterocycles. The second kappa shape index (κ2) is 6.65. The normalized spacial score (nSPS) is 14.2. The Hall–Kier alpha value is -1.98. The molecule has 0 saturated heterocycles. The number of nitrogens with one attached hydrogen (secondary N) is 1. The molecule has 1 aromatic rings. The highest BCUT2D eigenvalue weighted by Gasteiger charge is 2.29. The summed E-state index contributed by atoms with van der Waals surface area (Å²) in [6.45, 7) is 3.33. The Bertz CT molecular complexity index is 682. The third-order valence-corrected chi connectivity index (χ3v) is 4.57. The molecule has 0 bridgehead atoms. The first-order valence-corrected chi connectivity index (χ1v) is 7.66. The molecule has 0 amide bonds. The summed E-state index contributed by atoms with van der Waals surface area (Å²) in [7, 11) is -4.19. The van der Waals surface area contributed by atoms with E-state index in [4.69, 9.17) is 10.4 Å². The molecule has 2 atom stereocenters. The number of aliphatic carboxylic acids is 1. The van der Waals surface area contributed by atoms with E-state index in [0.29, 0.717) is 12.5 Å². The van der Waals surface area contributed by atoms with E-state index >= 15 is 0 Å².